The zero-order valence-corrected chi connectivity index (χ0v) is 30.5. The van der Waals surface area contributed by atoms with E-state index in [1.807, 2.05) is 133 Å². The highest BCUT2D eigenvalue weighted by molar-refractivity contribution is 5.88. The standard InChI is InChI=1S/C40H56N4O6/c1-26(2)32(37(46)43-35(27(3)4)38(47)42-23-28-15-10-8-11-16-28)22-34(45)33(41)25-49-24-29-17-14-20-31(21-29)36(30-18-12-9-13-19-30)44-39(48)50-40(5,6)7/h8-21,26-27,32-36,45H,22-25,41H2,1-7H3,(H,42,47)(H,43,46)(H,44,48)/t32-,33-,34?,35-,36?/m0/s1. The van der Waals surface area contributed by atoms with Crippen molar-refractivity contribution in [3.05, 3.63) is 107 Å². The lowest BCUT2D eigenvalue weighted by molar-refractivity contribution is -0.134. The summed E-state index contributed by atoms with van der Waals surface area (Å²) in [6, 6.07) is 25.0. The first-order valence-corrected chi connectivity index (χ1v) is 17.4. The van der Waals surface area contributed by atoms with Gasteiger partial charge in [0.1, 0.15) is 11.6 Å². The highest BCUT2D eigenvalue weighted by Crippen LogP contribution is 2.25. The summed E-state index contributed by atoms with van der Waals surface area (Å²) in [5, 5.41) is 19.9. The number of aliphatic hydroxyl groups is 1. The Morgan fingerprint density at radius 3 is 1.98 bits per heavy atom. The quantitative estimate of drug-likeness (QED) is 0.123. The van der Waals surface area contributed by atoms with E-state index in [1.165, 1.54) is 0 Å². The van der Waals surface area contributed by atoms with E-state index in [2.05, 4.69) is 16.0 Å². The summed E-state index contributed by atoms with van der Waals surface area (Å²) >= 11 is 0. The Bertz CT molecular complexity index is 1490. The third-order valence-electron chi connectivity index (χ3n) is 8.35. The third-order valence-corrected chi connectivity index (χ3v) is 8.35. The van der Waals surface area contributed by atoms with Crippen molar-refractivity contribution in [1.82, 2.24) is 16.0 Å². The number of benzene rings is 3. The number of aliphatic hydroxyl groups excluding tert-OH is 1. The molecule has 0 saturated heterocycles. The number of nitrogens with one attached hydrogen (secondary N) is 3. The van der Waals surface area contributed by atoms with E-state index in [0.29, 0.717) is 6.54 Å². The summed E-state index contributed by atoms with van der Waals surface area (Å²) in [7, 11) is 0. The van der Waals surface area contributed by atoms with Crippen molar-refractivity contribution in [3.63, 3.8) is 0 Å². The summed E-state index contributed by atoms with van der Waals surface area (Å²) in [5.41, 5.74) is 9.29. The number of carbonyl (C=O) groups is 3. The minimum Gasteiger partial charge on any atom is -0.444 e. The normalized spacial score (nSPS) is 14.7. The van der Waals surface area contributed by atoms with Crippen LogP contribution in [0, 0.1) is 17.8 Å². The maximum atomic E-state index is 13.5. The Morgan fingerprint density at radius 2 is 1.38 bits per heavy atom. The smallest absolute Gasteiger partial charge is 0.408 e. The number of ether oxygens (including phenoxy) is 2. The van der Waals surface area contributed by atoms with E-state index in [4.69, 9.17) is 15.2 Å². The minimum atomic E-state index is -1.01. The van der Waals surface area contributed by atoms with Gasteiger partial charge in [-0.05, 0) is 61.3 Å². The fraction of sp³-hybridized carbons (Fsp3) is 0.475. The Kier molecular flexibility index (Phi) is 15.4. The van der Waals surface area contributed by atoms with Gasteiger partial charge < -0.3 is 36.3 Å². The molecule has 3 aromatic rings. The molecule has 3 amide bonds. The van der Waals surface area contributed by atoms with Crippen molar-refractivity contribution < 1.29 is 29.0 Å². The third kappa shape index (κ3) is 13.2. The van der Waals surface area contributed by atoms with Gasteiger partial charge in [0.05, 0.1) is 31.4 Å². The molecule has 0 aliphatic rings. The lowest BCUT2D eigenvalue weighted by Crippen LogP contribution is -2.52. The van der Waals surface area contributed by atoms with Crippen LogP contribution in [0.5, 0.6) is 0 Å². The van der Waals surface area contributed by atoms with Crippen LogP contribution in [0.4, 0.5) is 4.79 Å². The SMILES string of the molecule is CC(C)[C@H](CC(O)[C@@H](N)COCc1cccc(C(NC(=O)OC(C)(C)C)c2ccccc2)c1)C(=O)N[C@H](C(=O)NCc1ccccc1)C(C)C. The topological polar surface area (TPSA) is 152 Å². The van der Waals surface area contributed by atoms with E-state index < -0.39 is 41.8 Å². The fourth-order valence-electron chi connectivity index (χ4n) is 5.52. The molecule has 0 saturated carbocycles. The molecule has 3 rings (SSSR count). The van der Waals surface area contributed by atoms with Crippen LogP contribution in [0.2, 0.25) is 0 Å². The number of alkyl carbamates (subject to hydrolysis) is 1. The van der Waals surface area contributed by atoms with Crippen LogP contribution >= 0.6 is 0 Å². The molecule has 10 nitrogen and oxygen atoms in total. The van der Waals surface area contributed by atoms with Gasteiger partial charge in [0, 0.05) is 12.5 Å². The molecule has 0 fully saturated rings. The summed E-state index contributed by atoms with van der Waals surface area (Å²) in [6.07, 6.45) is -1.41. The highest BCUT2D eigenvalue weighted by atomic mass is 16.6. The molecule has 0 bridgehead atoms. The van der Waals surface area contributed by atoms with Gasteiger partial charge in [0.15, 0.2) is 0 Å². The number of hydrogen-bond donors (Lipinski definition) is 5. The number of carbonyl (C=O) groups excluding carboxylic acids is 3. The predicted octanol–water partition coefficient (Wildman–Crippen LogP) is 5.63. The Balaban J connectivity index is 1.58. The number of amides is 3. The van der Waals surface area contributed by atoms with Crippen molar-refractivity contribution in [2.45, 2.75) is 97.9 Å². The summed E-state index contributed by atoms with van der Waals surface area (Å²) in [5.74, 6) is -1.37. The van der Waals surface area contributed by atoms with Gasteiger partial charge in [-0.25, -0.2) is 4.79 Å². The second-order valence-electron chi connectivity index (χ2n) is 14.5. The van der Waals surface area contributed by atoms with Crippen LogP contribution in [0.1, 0.15) is 83.2 Å². The Labute approximate surface area is 297 Å². The van der Waals surface area contributed by atoms with Crippen LogP contribution in [-0.2, 0) is 32.2 Å². The molecule has 0 aromatic heterocycles. The lowest BCUT2D eigenvalue weighted by atomic mass is 9.87. The average Bonchev–Trinajstić information content (AvgIpc) is 3.07. The summed E-state index contributed by atoms with van der Waals surface area (Å²) in [6.45, 7) is 13.7. The molecule has 0 aliphatic carbocycles. The van der Waals surface area contributed by atoms with Crippen LogP contribution < -0.4 is 21.7 Å². The van der Waals surface area contributed by atoms with Crippen molar-refractivity contribution in [3.8, 4) is 0 Å². The van der Waals surface area contributed by atoms with Crippen LogP contribution in [-0.4, -0.2) is 53.4 Å². The number of nitrogens with two attached hydrogens (primary N) is 1. The van der Waals surface area contributed by atoms with Gasteiger partial charge in [0.25, 0.3) is 0 Å². The molecule has 50 heavy (non-hydrogen) atoms. The van der Waals surface area contributed by atoms with Gasteiger partial charge in [0.2, 0.25) is 11.8 Å². The minimum absolute atomic E-state index is 0.0621. The largest absolute Gasteiger partial charge is 0.444 e. The zero-order valence-electron chi connectivity index (χ0n) is 30.5. The van der Waals surface area contributed by atoms with Gasteiger partial charge >= 0.3 is 6.09 Å². The first-order valence-electron chi connectivity index (χ1n) is 17.4. The second kappa shape index (κ2) is 19.2. The lowest BCUT2D eigenvalue weighted by Gasteiger charge is -2.29. The number of rotatable bonds is 17. The van der Waals surface area contributed by atoms with E-state index >= 15 is 0 Å². The Morgan fingerprint density at radius 1 is 0.780 bits per heavy atom. The molecule has 272 valence electrons. The molecular formula is C40H56N4O6. The summed E-state index contributed by atoms with van der Waals surface area (Å²) < 4.78 is 11.5. The Hall–Kier alpha value is -4.25. The molecule has 3 aromatic carbocycles. The van der Waals surface area contributed by atoms with Gasteiger partial charge in [-0.3, -0.25) is 9.59 Å². The molecular weight excluding hydrogens is 632 g/mol. The fourth-order valence-corrected chi connectivity index (χ4v) is 5.52. The molecule has 0 aliphatic heterocycles. The van der Waals surface area contributed by atoms with Crippen molar-refractivity contribution in [1.29, 1.82) is 0 Å². The molecule has 0 heterocycles. The van der Waals surface area contributed by atoms with Gasteiger partial charge in [-0.1, -0.05) is 113 Å². The molecule has 5 atom stereocenters. The molecule has 6 N–H and O–H groups in total. The van der Waals surface area contributed by atoms with Crippen molar-refractivity contribution in [2.75, 3.05) is 6.61 Å². The van der Waals surface area contributed by atoms with Crippen molar-refractivity contribution >= 4 is 17.9 Å². The molecule has 0 radical (unpaired) electrons. The molecule has 2 unspecified atom stereocenters. The van der Waals surface area contributed by atoms with Crippen LogP contribution in [0.3, 0.4) is 0 Å². The molecule has 10 heteroatoms. The number of hydrogen-bond acceptors (Lipinski definition) is 7. The zero-order chi connectivity index (χ0) is 36.8. The van der Waals surface area contributed by atoms with E-state index in [9.17, 15) is 19.5 Å². The van der Waals surface area contributed by atoms with Crippen molar-refractivity contribution in [2.24, 2.45) is 23.5 Å². The van der Waals surface area contributed by atoms with Gasteiger partial charge in [-0.2, -0.15) is 0 Å². The first-order chi connectivity index (χ1) is 23.6. The summed E-state index contributed by atoms with van der Waals surface area (Å²) in [4.78, 5) is 39.2. The van der Waals surface area contributed by atoms with Crippen LogP contribution in [0.25, 0.3) is 0 Å². The van der Waals surface area contributed by atoms with Crippen LogP contribution in [0.15, 0.2) is 84.9 Å². The van der Waals surface area contributed by atoms with Gasteiger partial charge in [-0.15, -0.1) is 0 Å². The predicted molar refractivity (Wildman–Crippen MR) is 196 cm³/mol. The molecule has 0 spiro atoms. The average molecular weight is 689 g/mol. The van der Waals surface area contributed by atoms with E-state index in [1.54, 1.807) is 0 Å². The first kappa shape index (κ1) is 40.2. The monoisotopic (exact) mass is 688 g/mol. The van der Waals surface area contributed by atoms with E-state index in [0.717, 1.165) is 22.3 Å². The highest BCUT2D eigenvalue weighted by Gasteiger charge is 2.32. The second-order valence-corrected chi connectivity index (χ2v) is 14.5. The maximum Gasteiger partial charge on any atom is 0.408 e. The maximum absolute atomic E-state index is 13.5. The van der Waals surface area contributed by atoms with E-state index in [-0.39, 0.29) is 43.3 Å².